The molecule has 0 radical (unpaired) electrons. The summed E-state index contributed by atoms with van der Waals surface area (Å²) in [5, 5.41) is 7.33. The maximum absolute atomic E-state index is 12.4. The number of nitrogens with zero attached hydrogens (tertiary/aromatic N) is 2. The van der Waals surface area contributed by atoms with Crippen molar-refractivity contribution >= 4 is 32.4 Å². The van der Waals surface area contributed by atoms with E-state index in [1.165, 1.54) is 23.9 Å². The van der Waals surface area contributed by atoms with Crippen LogP contribution in [0.15, 0.2) is 15.5 Å². The predicted molar refractivity (Wildman–Crippen MR) is 85.6 cm³/mol. The lowest BCUT2D eigenvalue weighted by molar-refractivity contribution is 0.262. The minimum Gasteiger partial charge on any atom is -0.376 e. The fourth-order valence-electron chi connectivity index (χ4n) is 2.29. The largest absolute Gasteiger partial charge is 0.376 e. The molecule has 0 aromatic carbocycles. The summed E-state index contributed by atoms with van der Waals surface area (Å²) >= 11 is 3.36. The number of aromatic nitrogens is 2. The van der Waals surface area contributed by atoms with E-state index < -0.39 is 10.8 Å². The van der Waals surface area contributed by atoms with Gasteiger partial charge in [0.15, 0.2) is 0 Å². The molecular formula is C13H20BrN3O2S. The molecule has 112 valence electrons. The van der Waals surface area contributed by atoms with E-state index in [1.807, 2.05) is 6.92 Å². The van der Waals surface area contributed by atoms with Crippen LogP contribution in [0.5, 0.6) is 0 Å². The van der Waals surface area contributed by atoms with Crippen LogP contribution >= 0.6 is 15.9 Å². The molecule has 0 saturated heterocycles. The van der Waals surface area contributed by atoms with Crippen molar-refractivity contribution in [2.24, 2.45) is 5.92 Å². The van der Waals surface area contributed by atoms with E-state index in [1.54, 1.807) is 12.5 Å². The average Bonchev–Trinajstić information content (AvgIpc) is 2.30. The first-order valence-corrected chi connectivity index (χ1v) is 9.31. The maximum Gasteiger partial charge on any atom is 0.291 e. The smallest absolute Gasteiger partial charge is 0.291 e. The van der Waals surface area contributed by atoms with Crippen LogP contribution in [0, 0.1) is 5.92 Å². The first kappa shape index (κ1) is 15.7. The van der Waals surface area contributed by atoms with Gasteiger partial charge in [0.2, 0.25) is 0 Å². The van der Waals surface area contributed by atoms with Crippen molar-refractivity contribution in [3.05, 3.63) is 21.0 Å². The van der Waals surface area contributed by atoms with Crippen molar-refractivity contribution in [3.8, 4) is 0 Å². The number of hydrogen-bond acceptors (Lipinski definition) is 4. The van der Waals surface area contributed by atoms with Crippen LogP contribution in [-0.4, -0.2) is 32.0 Å². The lowest BCUT2D eigenvalue weighted by Crippen LogP contribution is -2.33. The van der Waals surface area contributed by atoms with Crippen molar-refractivity contribution < 1.29 is 4.21 Å². The lowest BCUT2D eigenvalue weighted by Gasteiger charge is -2.25. The van der Waals surface area contributed by atoms with Gasteiger partial charge in [0.05, 0.1) is 10.7 Å². The van der Waals surface area contributed by atoms with Gasteiger partial charge in [0, 0.05) is 35.4 Å². The summed E-state index contributed by atoms with van der Waals surface area (Å²) in [5.74, 6) is 1.09. The summed E-state index contributed by atoms with van der Waals surface area (Å²) in [6, 6.07) is -0.0237. The van der Waals surface area contributed by atoms with Gasteiger partial charge in [-0.25, -0.2) is 4.68 Å². The summed E-state index contributed by atoms with van der Waals surface area (Å²) in [6.45, 7) is 2.61. The Hall–Kier alpha value is -0.690. The number of halogens is 1. The molecule has 7 heteroatoms. The molecular weight excluding hydrogens is 342 g/mol. The van der Waals surface area contributed by atoms with Crippen molar-refractivity contribution in [1.82, 2.24) is 9.78 Å². The highest BCUT2D eigenvalue weighted by atomic mass is 79.9. The molecule has 1 N–H and O–H groups in total. The number of anilines is 1. The molecule has 1 heterocycles. The molecule has 1 saturated carbocycles. The fourth-order valence-corrected chi connectivity index (χ4v) is 3.45. The zero-order valence-corrected chi connectivity index (χ0v) is 14.2. The van der Waals surface area contributed by atoms with E-state index in [-0.39, 0.29) is 11.6 Å². The molecule has 5 nitrogen and oxygen atoms in total. The Morgan fingerprint density at radius 2 is 2.30 bits per heavy atom. The lowest BCUT2D eigenvalue weighted by atomic mass is 9.85. The van der Waals surface area contributed by atoms with Crippen LogP contribution in [0.1, 0.15) is 26.2 Å². The second-order valence-electron chi connectivity index (χ2n) is 5.44. The van der Waals surface area contributed by atoms with Crippen molar-refractivity contribution in [2.45, 2.75) is 38.8 Å². The molecule has 1 aromatic heterocycles. The monoisotopic (exact) mass is 361 g/mol. The van der Waals surface area contributed by atoms with Crippen LogP contribution in [-0.2, 0) is 17.3 Å². The highest BCUT2D eigenvalue weighted by Crippen LogP contribution is 2.27. The number of nitrogens with one attached hydrogen (secondary N) is 1. The summed E-state index contributed by atoms with van der Waals surface area (Å²) in [6.07, 6.45) is 6.92. The minimum absolute atomic E-state index is 0.0237. The van der Waals surface area contributed by atoms with Gasteiger partial charge in [0.1, 0.15) is 5.69 Å². The van der Waals surface area contributed by atoms with Gasteiger partial charge in [0.25, 0.3) is 5.56 Å². The number of hydrogen-bond donors (Lipinski definition) is 1. The van der Waals surface area contributed by atoms with Gasteiger partial charge in [-0.2, -0.15) is 5.10 Å². The Labute approximate surface area is 129 Å². The first-order valence-electron chi connectivity index (χ1n) is 6.79. The highest BCUT2D eigenvalue weighted by molar-refractivity contribution is 9.10. The molecule has 20 heavy (non-hydrogen) atoms. The normalized spacial score (nSPS) is 18.4. The van der Waals surface area contributed by atoms with Gasteiger partial charge in [-0.1, -0.05) is 6.42 Å². The van der Waals surface area contributed by atoms with Crippen LogP contribution in [0.3, 0.4) is 0 Å². The van der Waals surface area contributed by atoms with E-state index in [4.69, 9.17) is 0 Å². The standard InChI is InChI=1S/C13H20BrN3O2S/c1-9(8-20(2)19)16-12-11(14)6-15-17(13(12)18)7-10-4-3-5-10/h6,9-10,16H,3-5,7-8H2,1-2H3. The molecule has 0 aliphatic heterocycles. The molecule has 0 bridgehead atoms. The Morgan fingerprint density at radius 1 is 1.60 bits per heavy atom. The van der Waals surface area contributed by atoms with Crippen LogP contribution < -0.4 is 10.9 Å². The fraction of sp³-hybridized carbons (Fsp3) is 0.692. The molecule has 2 rings (SSSR count). The zero-order valence-electron chi connectivity index (χ0n) is 11.8. The SMILES string of the molecule is CC(CS(C)=O)Nc1c(Br)cnn(CC2CCC2)c1=O. The van der Waals surface area contributed by atoms with E-state index in [0.717, 1.165) is 0 Å². The molecule has 0 amide bonds. The Bertz CT molecular complexity index is 557. The molecule has 2 unspecified atom stereocenters. The third-order valence-corrected chi connectivity index (χ3v) is 5.10. The Balaban J connectivity index is 2.16. The summed E-state index contributed by atoms with van der Waals surface area (Å²) in [4.78, 5) is 12.4. The zero-order chi connectivity index (χ0) is 14.7. The quantitative estimate of drug-likeness (QED) is 0.841. The van der Waals surface area contributed by atoms with Gasteiger partial charge in [-0.15, -0.1) is 0 Å². The molecule has 1 fully saturated rings. The average molecular weight is 362 g/mol. The summed E-state index contributed by atoms with van der Waals surface area (Å²) in [5.41, 5.74) is 0.400. The molecule has 1 aromatic rings. The van der Waals surface area contributed by atoms with Crippen LogP contribution in [0.2, 0.25) is 0 Å². The second kappa shape index (κ2) is 6.85. The van der Waals surface area contributed by atoms with E-state index >= 15 is 0 Å². The molecule has 0 spiro atoms. The molecule has 1 aliphatic carbocycles. The Morgan fingerprint density at radius 3 is 2.85 bits per heavy atom. The van der Waals surface area contributed by atoms with Crippen molar-refractivity contribution in [3.63, 3.8) is 0 Å². The van der Waals surface area contributed by atoms with Crippen molar-refractivity contribution in [2.75, 3.05) is 17.3 Å². The summed E-state index contributed by atoms with van der Waals surface area (Å²) in [7, 11) is -0.892. The van der Waals surface area contributed by atoms with Gasteiger partial charge in [-0.3, -0.25) is 9.00 Å². The number of rotatable bonds is 6. The highest BCUT2D eigenvalue weighted by Gasteiger charge is 2.20. The van der Waals surface area contributed by atoms with E-state index in [9.17, 15) is 9.00 Å². The summed E-state index contributed by atoms with van der Waals surface area (Å²) < 4.78 is 13.4. The van der Waals surface area contributed by atoms with Crippen LogP contribution in [0.4, 0.5) is 5.69 Å². The van der Waals surface area contributed by atoms with E-state index in [0.29, 0.717) is 28.4 Å². The van der Waals surface area contributed by atoms with Gasteiger partial charge >= 0.3 is 0 Å². The van der Waals surface area contributed by atoms with Crippen molar-refractivity contribution in [1.29, 1.82) is 0 Å². The first-order chi connectivity index (χ1) is 9.47. The Kier molecular flexibility index (Phi) is 5.37. The third kappa shape index (κ3) is 3.91. The predicted octanol–water partition coefficient (Wildman–Crippen LogP) is 1.98. The van der Waals surface area contributed by atoms with Gasteiger partial charge < -0.3 is 5.32 Å². The van der Waals surface area contributed by atoms with Gasteiger partial charge in [-0.05, 0) is 41.6 Å². The second-order valence-corrected chi connectivity index (χ2v) is 7.77. The molecule has 2 atom stereocenters. The van der Waals surface area contributed by atoms with E-state index in [2.05, 4.69) is 26.3 Å². The topological polar surface area (TPSA) is 64.0 Å². The third-order valence-electron chi connectivity index (χ3n) is 3.53. The minimum atomic E-state index is -0.892. The van der Waals surface area contributed by atoms with Crippen LogP contribution in [0.25, 0.3) is 0 Å². The maximum atomic E-state index is 12.4. The molecule has 1 aliphatic rings.